The molecule has 4 unspecified atom stereocenters. The van der Waals surface area contributed by atoms with Gasteiger partial charge in [0.05, 0.1) is 23.7 Å². The molecule has 0 saturated carbocycles. The van der Waals surface area contributed by atoms with Gasteiger partial charge in [-0.2, -0.15) is 0 Å². The number of carbonyl (C=O) groups is 4. The van der Waals surface area contributed by atoms with E-state index < -0.39 is 70.6 Å². The van der Waals surface area contributed by atoms with Crippen LogP contribution in [0.1, 0.15) is 243 Å². The molecule has 0 radical (unpaired) electrons. The molecule has 64 heavy (non-hydrogen) atoms. The molecule has 2 fully saturated rings. The van der Waals surface area contributed by atoms with E-state index in [0.29, 0.717) is 38.8 Å². The first-order valence-corrected chi connectivity index (χ1v) is 26.3. The molecule has 0 amide bonds. The van der Waals surface area contributed by atoms with Crippen molar-refractivity contribution in [3.8, 4) is 0 Å². The summed E-state index contributed by atoms with van der Waals surface area (Å²) in [7, 11) is 4.15. The van der Waals surface area contributed by atoms with Crippen molar-refractivity contribution in [3.63, 3.8) is 0 Å². The standard InChI is InChI=1S/C54H100N2O8/c1-13-15-17-19-21-23-25-27-29-31-33-37-54(38-34-32-30-28-26-24-22-20-18-16-14-2,49(62)64-44-36-40-56(12)53(9,10)51(44,5)6)46(42(47(59)60)41-45(57)58)48(61)63-43-35-39-55(11)52(7,8)50(43,3)4/h42-44,46H,13-41H2,1-12H3,(H,57,58)(H,59,60). The number of carbonyl (C=O) groups excluding carboxylic acids is 2. The highest BCUT2D eigenvalue weighted by Crippen LogP contribution is 2.51. The van der Waals surface area contributed by atoms with Crippen LogP contribution in [0.25, 0.3) is 0 Å². The van der Waals surface area contributed by atoms with Gasteiger partial charge >= 0.3 is 23.9 Å². The van der Waals surface area contributed by atoms with Crippen LogP contribution in [0.2, 0.25) is 0 Å². The van der Waals surface area contributed by atoms with Gasteiger partial charge in [0.25, 0.3) is 0 Å². The predicted octanol–water partition coefficient (Wildman–Crippen LogP) is 13.3. The molecule has 2 rings (SSSR count). The van der Waals surface area contributed by atoms with E-state index in [1.165, 1.54) is 77.0 Å². The van der Waals surface area contributed by atoms with Gasteiger partial charge in [0.1, 0.15) is 12.2 Å². The summed E-state index contributed by atoms with van der Waals surface area (Å²) in [5.41, 5.74) is -3.32. The van der Waals surface area contributed by atoms with Crippen molar-refractivity contribution >= 4 is 23.9 Å². The first kappa shape index (κ1) is 57.9. The van der Waals surface area contributed by atoms with E-state index in [9.17, 15) is 19.8 Å². The second kappa shape index (κ2) is 27.6. The number of hydrogen-bond donors (Lipinski definition) is 2. The summed E-state index contributed by atoms with van der Waals surface area (Å²) in [6, 6.07) is 0. The number of aliphatic carboxylic acids is 2. The number of carboxylic acids is 2. The molecule has 10 nitrogen and oxygen atoms in total. The van der Waals surface area contributed by atoms with Crippen molar-refractivity contribution in [2.45, 2.75) is 266 Å². The second-order valence-electron chi connectivity index (χ2n) is 22.5. The van der Waals surface area contributed by atoms with Crippen LogP contribution in [-0.2, 0) is 28.7 Å². The lowest BCUT2D eigenvalue weighted by atomic mass is 9.62. The van der Waals surface area contributed by atoms with Crippen molar-refractivity contribution in [1.29, 1.82) is 0 Å². The SMILES string of the molecule is CCCCCCCCCCCCCC(CCCCCCCCCCCCC)(C(=O)OC1CCN(C)C(C)(C)C1(C)C)C(C(=O)OC1CCN(C)C(C)(C)C1(C)C)C(CC(=O)O)C(=O)O. The number of esters is 2. The van der Waals surface area contributed by atoms with Crippen molar-refractivity contribution in [2.24, 2.45) is 28.1 Å². The first-order valence-electron chi connectivity index (χ1n) is 26.3. The molecule has 0 aromatic heterocycles. The van der Waals surface area contributed by atoms with Crippen molar-refractivity contribution in [1.82, 2.24) is 9.80 Å². The third-order valence-electron chi connectivity index (χ3n) is 17.5. The first-order chi connectivity index (χ1) is 30.1. The molecule has 2 aliphatic rings. The summed E-state index contributed by atoms with van der Waals surface area (Å²) in [5.74, 6) is -7.29. The zero-order chi connectivity index (χ0) is 48.2. The van der Waals surface area contributed by atoms with Gasteiger partial charge in [-0.3, -0.25) is 19.2 Å². The highest BCUT2D eigenvalue weighted by atomic mass is 16.6. The number of carboxylic acid groups (broad SMARTS) is 2. The molecular formula is C54H100N2O8. The van der Waals surface area contributed by atoms with Gasteiger partial charge in [0.2, 0.25) is 0 Å². The summed E-state index contributed by atoms with van der Waals surface area (Å²) in [6.07, 6.45) is 24.0. The Balaban J connectivity index is 2.65. The molecule has 10 heteroatoms. The Morgan fingerprint density at radius 2 is 0.875 bits per heavy atom. The van der Waals surface area contributed by atoms with E-state index in [1.807, 2.05) is 0 Å². The molecule has 4 atom stereocenters. The van der Waals surface area contributed by atoms with Gasteiger partial charge in [-0.1, -0.05) is 183 Å². The number of likely N-dealkylation sites (tertiary alicyclic amines) is 2. The Hall–Kier alpha value is -2.20. The van der Waals surface area contributed by atoms with E-state index in [4.69, 9.17) is 9.47 Å². The zero-order valence-corrected chi connectivity index (χ0v) is 43.6. The van der Waals surface area contributed by atoms with Crippen LogP contribution in [0.15, 0.2) is 0 Å². The number of piperidine rings is 2. The molecular weight excluding hydrogens is 805 g/mol. The predicted molar refractivity (Wildman–Crippen MR) is 261 cm³/mol. The van der Waals surface area contributed by atoms with E-state index in [0.717, 1.165) is 51.4 Å². The van der Waals surface area contributed by atoms with Crippen LogP contribution in [0, 0.1) is 28.1 Å². The highest BCUT2D eigenvalue weighted by Gasteiger charge is 2.59. The summed E-state index contributed by atoms with van der Waals surface area (Å²) < 4.78 is 13.4. The van der Waals surface area contributed by atoms with Crippen LogP contribution in [0.4, 0.5) is 0 Å². The smallest absolute Gasteiger partial charge is 0.313 e. The van der Waals surface area contributed by atoms with E-state index in [-0.39, 0.29) is 23.9 Å². The van der Waals surface area contributed by atoms with E-state index >= 15 is 9.59 Å². The topological polar surface area (TPSA) is 134 Å². The summed E-state index contributed by atoms with van der Waals surface area (Å²) in [5, 5.41) is 21.3. The number of nitrogens with zero attached hydrogens (tertiary/aromatic N) is 2. The lowest BCUT2D eigenvalue weighted by Gasteiger charge is -2.56. The minimum Gasteiger partial charge on any atom is -0.481 e. The average Bonchev–Trinajstić information content (AvgIpc) is 3.22. The maximum absolute atomic E-state index is 15.7. The molecule has 2 aliphatic heterocycles. The Bertz CT molecular complexity index is 1360. The third kappa shape index (κ3) is 16.0. The Labute approximate surface area is 392 Å². The van der Waals surface area contributed by atoms with Crippen molar-refractivity contribution < 1.29 is 38.9 Å². The molecule has 0 aromatic rings. The number of hydrogen-bond acceptors (Lipinski definition) is 8. The lowest BCUT2D eigenvalue weighted by Crippen LogP contribution is -2.64. The molecule has 2 N–H and O–H groups in total. The number of rotatable bonds is 33. The van der Waals surface area contributed by atoms with Crippen molar-refractivity contribution in [2.75, 3.05) is 27.2 Å². The van der Waals surface area contributed by atoms with Crippen LogP contribution >= 0.6 is 0 Å². The van der Waals surface area contributed by atoms with Gasteiger partial charge in [0.15, 0.2) is 0 Å². The summed E-state index contributed by atoms with van der Waals surface area (Å²) >= 11 is 0. The van der Waals surface area contributed by atoms with Crippen molar-refractivity contribution in [3.05, 3.63) is 0 Å². The largest absolute Gasteiger partial charge is 0.481 e. The molecule has 374 valence electrons. The number of ether oxygens (including phenoxy) is 2. The van der Waals surface area contributed by atoms with E-state index in [1.54, 1.807) is 0 Å². The van der Waals surface area contributed by atoms with Crippen LogP contribution in [0.5, 0.6) is 0 Å². The number of unbranched alkanes of at least 4 members (excludes halogenated alkanes) is 20. The minimum absolute atomic E-state index is 0.239. The third-order valence-corrected chi connectivity index (χ3v) is 17.5. The van der Waals surface area contributed by atoms with Gasteiger partial charge in [-0.05, 0) is 67.5 Å². The molecule has 0 aromatic carbocycles. The molecule has 0 spiro atoms. The van der Waals surface area contributed by atoms with Crippen LogP contribution in [-0.4, -0.2) is 94.4 Å². The average molecular weight is 905 g/mol. The molecule has 2 saturated heterocycles. The monoisotopic (exact) mass is 905 g/mol. The Morgan fingerprint density at radius 3 is 1.20 bits per heavy atom. The quantitative estimate of drug-likeness (QED) is 0.0484. The fraction of sp³-hybridized carbons (Fsp3) is 0.926. The zero-order valence-electron chi connectivity index (χ0n) is 43.6. The fourth-order valence-electron chi connectivity index (χ4n) is 10.8. The summed E-state index contributed by atoms with van der Waals surface area (Å²) in [6.45, 7) is 22.8. The second-order valence-corrected chi connectivity index (χ2v) is 22.5. The van der Waals surface area contributed by atoms with Gasteiger partial charge in [-0.15, -0.1) is 0 Å². The maximum Gasteiger partial charge on any atom is 0.313 e. The van der Waals surface area contributed by atoms with Gasteiger partial charge in [-0.25, -0.2) is 0 Å². The van der Waals surface area contributed by atoms with Crippen LogP contribution in [0.3, 0.4) is 0 Å². The maximum atomic E-state index is 15.7. The summed E-state index contributed by atoms with van der Waals surface area (Å²) in [4.78, 5) is 61.7. The van der Waals surface area contributed by atoms with Gasteiger partial charge in [0, 0.05) is 35.0 Å². The molecule has 0 aliphatic carbocycles. The molecule has 0 bridgehead atoms. The minimum atomic E-state index is -1.68. The fourth-order valence-corrected chi connectivity index (χ4v) is 10.8. The Morgan fingerprint density at radius 1 is 0.547 bits per heavy atom. The normalized spacial score (nSPS) is 21.8. The molecule has 2 heterocycles. The van der Waals surface area contributed by atoms with Gasteiger partial charge < -0.3 is 29.5 Å². The highest BCUT2D eigenvalue weighted by molar-refractivity contribution is 5.91. The Kier molecular flexibility index (Phi) is 25.0. The lowest BCUT2D eigenvalue weighted by molar-refractivity contribution is -0.202. The van der Waals surface area contributed by atoms with Crippen LogP contribution < -0.4 is 0 Å². The van der Waals surface area contributed by atoms with E-state index in [2.05, 4.69) is 93.1 Å².